The number of amides is 2. The van der Waals surface area contributed by atoms with E-state index >= 15 is 0 Å². The van der Waals surface area contributed by atoms with Crippen molar-refractivity contribution in [1.29, 1.82) is 0 Å². The molecule has 43 heavy (non-hydrogen) atoms. The lowest BCUT2D eigenvalue weighted by atomic mass is 10.0. The van der Waals surface area contributed by atoms with Gasteiger partial charge in [-0.05, 0) is 68.1 Å². The van der Waals surface area contributed by atoms with Gasteiger partial charge in [0.2, 0.25) is 5.91 Å². The lowest BCUT2D eigenvalue weighted by Crippen LogP contribution is -2.55. The van der Waals surface area contributed by atoms with Gasteiger partial charge in [-0.1, -0.05) is 79.2 Å². The van der Waals surface area contributed by atoms with Gasteiger partial charge >= 0.3 is 0 Å². The first kappa shape index (κ1) is 30.8. The van der Waals surface area contributed by atoms with E-state index in [1.165, 1.54) is 5.56 Å². The molecule has 1 atom stereocenters. The third-order valence-electron chi connectivity index (χ3n) is 7.79. The Labute approximate surface area is 263 Å². The Hall–Kier alpha value is -3.62. The maximum absolute atomic E-state index is 13.2. The zero-order valence-electron chi connectivity index (χ0n) is 24.8. The molecule has 7 nitrogen and oxygen atoms in total. The van der Waals surface area contributed by atoms with Gasteiger partial charge in [-0.2, -0.15) is 0 Å². The highest BCUT2D eigenvalue weighted by molar-refractivity contribution is 7.99. The zero-order valence-corrected chi connectivity index (χ0v) is 26.4. The number of aryl methyl sites for hydroxylation is 1. The Kier molecular flexibility index (Phi) is 10.5. The molecule has 0 spiro atoms. The molecule has 1 saturated heterocycles. The summed E-state index contributed by atoms with van der Waals surface area (Å²) in [5.74, 6) is 1.57. The highest BCUT2D eigenvalue weighted by atomic mass is 35.5. The van der Waals surface area contributed by atoms with Crippen LogP contribution < -0.4 is 0 Å². The number of thioether (sulfide) groups is 1. The molecule has 2 heterocycles. The summed E-state index contributed by atoms with van der Waals surface area (Å²) in [6.45, 7) is 5.86. The van der Waals surface area contributed by atoms with Crippen molar-refractivity contribution in [3.63, 3.8) is 0 Å². The van der Waals surface area contributed by atoms with E-state index in [0.717, 1.165) is 41.4 Å². The van der Waals surface area contributed by atoms with Crippen LogP contribution in [0.2, 0.25) is 5.02 Å². The molecule has 0 radical (unpaired) electrons. The lowest BCUT2D eigenvalue weighted by Gasteiger charge is -2.40. The molecule has 2 amide bonds. The number of unbranched alkanes of at least 4 members (excludes halogenated alkanes) is 1. The summed E-state index contributed by atoms with van der Waals surface area (Å²) in [6.07, 6.45) is 4.51. The Morgan fingerprint density at radius 1 is 0.930 bits per heavy atom. The molecule has 224 valence electrons. The van der Waals surface area contributed by atoms with Crippen LogP contribution in [0.1, 0.15) is 55.5 Å². The molecule has 0 aliphatic carbocycles. The number of para-hydroxylation sites is 1. The van der Waals surface area contributed by atoms with E-state index in [0.29, 0.717) is 48.9 Å². The Morgan fingerprint density at radius 3 is 2.40 bits per heavy atom. The summed E-state index contributed by atoms with van der Waals surface area (Å²) < 4.78 is 2.02. The Morgan fingerprint density at radius 2 is 1.67 bits per heavy atom. The van der Waals surface area contributed by atoms with E-state index in [9.17, 15) is 9.59 Å². The molecule has 1 aliphatic heterocycles. The molecule has 1 unspecified atom stereocenters. The number of nitrogens with zero attached hydrogens (tertiary/aromatic N) is 5. The van der Waals surface area contributed by atoms with Gasteiger partial charge in [0.25, 0.3) is 5.91 Å². The standard InChI is InChI=1S/C34H38ClN5O2S/c1-3-4-11-26-17-19-27(20-18-26)33(42)39-22-21-38(24-25(39)2)31(41)16-10-23-43-34-37-36-32(29-14-8-9-15-30(29)35)40(34)28-12-6-5-7-13-28/h5-9,12-15,17-20,25H,3-4,10-11,16,21-24H2,1-2H3. The van der Waals surface area contributed by atoms with Gasteiger partial charge < -0.3 is 9.80 Å². The quantitative estimate of drug-likeness (QED) is 0.132. The number of hydrogen-bond donors (Lipinski definition) is 0. The van der Waals surface area contributed by atoms with Crippen LogP contribution in [0.15, 0.2) is 84.0 Å². The fraction of sp³-hybridized carbons (Fsp3) is 0.353. The van der Waals surface area contributed by atoms with E-state index in [-0.39, 0.29) is 17.9 Å². The summed E-state index contributed by atoms with van der Waals surface area (Å²) in [5.41, 5.74) is 3.75. The van der Waals surface area contributed by atoms with Gasteiger partial charge in [0.15, 0.2) is 11.0 Å². The number of hydrogen-bond acceptors (Lipinski definition) is 5. The summed E-state index contributed by atoms with van der Waals surface area (Å²) in [7, 11) is 0. The molecule has 1 fully saturated rings. The first-order valence-electron chi connectivity index (χ1n) is 15.0. The van der Waals surface area contributed by atoms with Gasteiger partial charge in [-0.15, -0.1) is 10.2 Å². The van der Waals surface area contributed by atoms with Gasteiger partial charge in [-0.3, -0.25) is 14.2 Å². The van der Waals surface area contributed by atoms with Crippen LogP contribution in [-0.4, -0.2) is 67.8 Å². The second-order valence-corrected chi connectivity index (χ2v) is 12.4. The average Bonchev–Trinajstić information content (AvgIpc) is 3.46. The summed E-state index contributed by atoms with van der Waals surface area (Å²) in [6, 6.07) is 25.6. The summed E-state index contributed by atoms with van der Waals surface area (Å²) in [5, 5.41) is 10.3. The van der Waals surface area contributed by atoms with Gasteiger partial charge in [0, 0.05) is 54.7 Å². The molecule has 0 saturated carbocycles. The van der Waals surface area contributed by atoms with Crippen molar-refractivity contribution in [2.75, 3.05) is 25.4 Å². The predicted octanol–water partition coefficient (Wildman–Crippen LogP) is 7.18. The van der Waals surface area contributed by atoms with Crippen molar-refractivity contribution in [2.45, 2.75) is 57.1 Å². The third-order valence-corrected chi connectivity index (χ3v) is 9.13. The second-order valence-electron chi connectivity index (χ2n) is 10.9. The van der Waals surface area contributed by atoms with Crippen molar-refractivity contribution in [3.05, 3.63) is 95.0 Å². The molecular formula is C34H38ClN5O2S. The van der Waals surface area contributed by atoms with Gasteiger partial charge in [0.1, 0.15) is 0 Å². The molecule has 1 aliphatic rings. The Balaban J connectivity index is 1.14. The Bertz CT molecular complexity index is 1530. The number of halogens is 1. The molecular weight excluding hydrogens is 578 g/mol. The van der Waals surface area contributed by atoms with Crippen LogP contribution in [0.3, 0.4) is 0 Å². The lowest BCUT2D eigenvalue weighted by molar-refractivity contribution is -0.133. The number of piperazine rings is 1. The number of rotatable bonds is 11. The van der Waals surface area contributed by atoms with Gasteiger partial charge in [-0.25, -0.2) is 0 Å². The number of carbonyl (C=O) groups excluding carboxylic acids is 2. The monoisotopic (exact) mass is 615 g/mol. The molecule has 5 rings (SSSR count). The van der Waals surface area contributed by atoms with E-state index < -0.39 is 0 Å². The maximum atomic E-state index is 13.2. The molecule has 1 aromatic heterocycles. The fourth-order valence-electron chi connectivity index (χ4n) is 5.38. The van der Waals surface area contributed by atoms with Crippen LogP contribution in [-0.2, 0) is 11.2 Å². The van der Waals surface area contributed by atoms with Crippen molar-refractivity contribution in [2.24, 2.45) is 0 Å². The largest absolute Gasteiger partial charge is 0.339 e. The fourth-order valence-corrected chi connectivity index (χ4v) is 6.49. The molecule has 0 N–H and O–H groups in total. The van der Waals surface area contributed by atoms with Crippen molar-refractivity contribution in [3.8, 4) is 17.1 Å². The first-order chi connectivity index (χ1) is 21.0. The highest BCUT2D eigenvalue weighted by Crippen LogP contribution is 2.32. The van der Waals surface area contributed by atoms with Crippen LogP contribution in [0, 0.1) is 0 Å². The van der Waals surface area contributed by atoms with Crippen molar-refractivity contribution in [1.82, 2.24) is 24.6 Å². The molecule has 9 heteroatoms. The summed E-state index contributed by atoms with van der Waals surface area (Å²) in [4.78, 5) is 30.1. The first-order valence-corrected chi connectivity index (χ1v) is 16.4. The minimum absolute atomic E-state index is 0.0352. The number of benzene rings is 3. The van der Waals surface area contributed by atoms with Crippen molar-refractivity contribution >= 4 is 35.2 Å². The highest BCUT2D eigenvalue weighted by Gasteiger charge is 2.30. The predicted molar refractivity (Wildman–Crippen MR) is 174 cm³/mol. The third kappa shape index (κ3) is 7.48. The topological polar surface area (TPSA) is 71.3 Å². The zero-order chi connectivity index (χ0) is 30.2. The van der Waals surface area contributed by atoms with E-state index in [1.54, 1.807) is 11.8 Å². The van der Waals surface area contributed by atoms with Crippen LogP contribution >= 0.6 is 23.4 Å². The normalized spacial score (nSPS) is 15.1. The smallest absolute Gasteiger partial charge is 0.254 e. The molecule has 3 aromatic carbocycles. The minimum atomic E-state index is -0.0352. The molecule has 4 aromatic rings. The SMILES string of the molecule is CCCCc1ccc(C(=O)N2CCN(C(=O)CCCSc3nnc(-c4ccccc4Cl)n3-c3ccccc3)CC2C)cc1. The van der Waals surface area contributed by atoms with Crippen LogP contribution in [0.25, 0.3) is 17.1 Å². The second kappa shape index (κ2) is 14.7. The van der Waals surface area contributed by atoms with Crippen LogP contribution in [0.4, 0.5) is 0 Å². The molecule has 0 bridgehead atoms. The number of carbonyl (C=O) groups is 2. The van der Waals surface area contributed by atoms with E-state index in [2.05, 4.69) is 29.3 Å². The maximum Gasteiger partial charge on any atom is 0.254 e. The number of aromatic nitrogens is 3. The van der Waals surface area contributed by atoms with E-state index in [4.69, 9.17) is 11.6 Å². The van der Waals surface area contributed by atoms with Crippen molar-refractivity contribution < 1.29 is 9.59 Å². The summed E-state index contributed by atoms with van der Waals surface area (Å²) >= 11 is 8.08. The van der Waals surface area contributed by atoms with Crippen LogP contribution in [0.5, 0.6) is 0 Å². The minimum Gasteiger partial charge on any atom is -0.339 e. The van der Waals surface area contributed by atoms with Gasteiger partial charge in [0.05, 0.1) is 5.02 Å². The average molecular weight is 616 g/mol. The van der Waals surface area contributed by atoms with E-state index in [1.807, 2.05) is 88.0 Å².